The quantitative estimate of drug-likeness (QED) is 0.0527. The average Bonchev–Trinajstić information content (AvgIpc) is 4.02. The van der Waals surface area contributed by atoms with E-state index in [4.69, 9.17) is 42.1 Å². The third-order valence-corrected chi connectivity index (χ3v) is 14.8. The van der Waals surface area contributed by atoms with Crippen LogP contribution < -0.4 is 18.9 Å². The summed E-state index contributed by atoms with van der Waals surface area (Å²) in [4.78, 5) is 35.7. The number of likely N-dealkylation sites (N-methyl/N-ethyl adjacent to an activating group) is 2. The maximum absolute atomic E-state index is 12.2. The van der Waals surface area contributed by atoms with Gasteiger partial charge in [-0.05, 0) is 111 Å². The van der Waals surface area contributed by atoms with Gasteiger partial charge >= 0.3 is 11.9 Å². The number of hydrogen-bond acceptors (Lipinski definition) is 14. The second kappa shape index (κ2) is 22.5. The van der Waals surface area contributed by atoms with E-state index in [0.717, 1.165) is 46.2 Å². The highest BCUT2D eigenvalue weighted by molar-refractivity contribution is 6.32. The first-order valence-electron chi connectivity index (χ1n) is 23.8. The number of rotatable bonds is 21. The first kappa shape index (κ1) is 53.0. The molecule has 0 saturated heterocycles. The van der Waals surface area contributed by atoms with Crippen molar-refractivity contribution in [2.75, 3.05) is 27.3 Å². The minimum absolute atomic E-state index is 0.0480. The lowest BCUT2D eigenvalue weighted by atomic mass is 9.91. The number of aliphatic hydroxyl groups excluding tert-OH is 2. The smallest absolute Gasteiger partial charge is 0.326 e. The second-order valence-corrected chi connectivity index (χ2v) is 19.8. The second-order valence-electron chi connectivity index (χ2n) is 19.0. The number of aromatic nitrogens is 2. The van der Waals surface area contributed by atoms with E-state index in [0.29, 0.717) is 69.2 Å². The van der Waals surface area contributed by atoms with Crippen LogP contribution in [0.4, 0.5) is 0 Å². The molecule has 0 radical (unpaired) electrons. The SMILES string of the molecule is CN(Cc1cc(Cl)c(O[C@H]2CCc3c(-c4cccc5c4CC[C@@H]5Oc4cc(OCc5cncc(C#N)c5)c(CN(C)[C@@](C)(CO)C(=O)O)cc4Cl)cccc32)cc1OCc1cncc(C#N)c1)C(C)(CO)C(=O)O. The van der Waals surface area contributed by atoms with Crippen molar-refractivity contribution in [1.82, 2.24) is 19.8 Å². The fourth-order valence-corrected chi connectivity index (χ4v) is 9.74. The number of fused-ring (bicyclic) bond motifs is 2. The van der Waals surface area contributed by atoms with E-state index < -0.39 is 36.2 Å². The Morgan fingerprint density at radius 3 is 1.42 bits per heavy atom. The van der Waals surface area contributed by atoms with Gasteiger partial charge < -0.3 is 39.4 Å². The molecule has 74 heavy (non-hydrogen) atoms. The van der Waals surface area contributed by atoms with Gasteiger partial charge in [0.05, 0.1) is 34.4 Å². The van der Waals surface area contributed by atoms with Crippen molar-refractivity contribution in [2.45, 2.75) is 89.1 Å². The lowest BCUT2D eigenvalue weighted by Crippen LogP contribution is -2.52. The normalized spacial score (nSPS) is 16.3. The average molecular weight is 1040 g/mol. The molecule has 4 aromatic carbocycles. The number of ether oxygens (including phenoxy) is 4. The van der Waals surface area contributed by atoms with Crippen LogP contribution in [0.5, 0.6) is 23.0 Å². The third kappa shape index (κ3) is 11.0. The fraction of sp³-hybridized carbons (Fsp3) is 0.321. The monoisotopic (exact) mass is 1040 g/mol. The van der Waals surface area contributed by atoms with Crippen LogP contribution in [0.1, 0.15) is 94.5 Å². The highest BCUT2D eigenvalue weighted by Crippen LogP contribution is 2.47. The first-order valence-corrected chi connectivity index (χ1v) is 24.5. The molecule has 2 aromatic heterocycles. The summed E-state index contributed by atoms with van der Waals surface area (Å²) in [7, 11) is 3.19. The largest absolute Gasteiger partial charge is 0.488 e. The molecule has 6 aromatic rings. The van der Waals surface area contributed by atoms with Gasteiger partial charge in [-0.15, -0.1) is 0 Å². The predicted octanol–water partition coefficient (Wildman–Crippen LogP) is 9.02. The number of nitriles is 2. The molecule has 8 rings (SSSR count). The Labute approximate surface area is 438 Å². The number of nitrogens with zero attached hydrogens (tertiary/aromatic N) is 6. The first-order chi connectivity index (χ1) is 35.5. The van der Waals surface area contributed by atoms with Gasteiger partial charge in [-0.3, -0.25) is 29.4 Å². The number of carboxylic acids is 2. The molecule has 18 heteroatoms. The molecule has 4 atom stereocenters. The minimum atomic E-state index is -1.59. The van der Waals surface area contributed by atoms with E-state index in [1.54, 1.807) is 62.9 Å². The van der Waals surface area contributed by atoms with Crippen LogP contribution in [0.15, 0.2) is 97.6 Å². The molecule has 1 unspecified atom stereocenters. The van der Waals surface area contributed by atoms with Crippen LogP contribution in [-0.2, 0) is 48.7 Å². The fourth-order valence-electron chi connectivity index (χ4n) is 9.28. The molecule has 0 amide bonds. The van der Waals surface area contributed by atoms with Crippen LogP contribution in [0, 0.1) is 22.7 Å². The highest BCUT2D eigenvalue weighted by atomic mass is 35.5. The van der Waals surface area contributed by atoms with Crippen molar-refractivity contribution < 1.29 is 49.0 Å². The van der Waals surface area contributed by atoms with Crippen LogP contribution in [0.3, 0.4) is 0 Å². The van der Waals surface area contributed by atoms with E-state index in [2.05, 4.69) is 46.4 Å². The molecule has 0 spiro atoms. The van der Waals surface area contributed by atoms with Crippen molar-refractivity contribution in [1.29, 1.82) is 10.5 Å². The summed E-state index contributed by atoms with van der Waals surface area (Å²) < 4.78 is 26.1. The summed E-state index contributed by atoms with van der Waals surface area (Å²) >= 11 is 13.9. The lowest BCUT2D eigenvalue weighted by Gasteiger charge is -2.33. The number of halogens is 2. The van der Waals surface area contributed by atoms with Crippen LogP contribution in [0.25, 0.3) is 11.1 Å². The van der Waals surface area contributed by atoms with Crippen molar-refractivity contribution in [3.63, 3.8) is 0 Å². The zero-order chi connectivity index (χ0) is 52.9. The summed E-state index contributed by atoms with van der Waals surface area (Å²) in [6.45, 7) is 1.82. The molecule has 16 nitrogen and oxygen atoms in total. The Balaban J connectivity index is 1.05. The Hall–Kier alpha value is -7.28. The van der Waals surface area contributed by atoms with Gasteiger partial charge in [-0.2, -0.15) is 10.5 Å². The molecule has 0 aliphatic heterocycles. The number of hydrogen-bond donors (Lipinski definition) is 4. The topological polar surface area (TPSA) is 232 Å². The van der Waals surface area contributed by atoms with Gasteiger partial charge in [-0.1, -0.05) is 59.6 Å². The van der Waals surface area contributed by atoms with Gasteiger partial charge in [0.25, 0.3) is 0 Å². The zero-order valence-electron chi connectivity index (χ0n) is 41.1. The number of benzene rings is 4. The van der Waals surface area contributed by atoms with Gasteiger partial charge in [0.2, 0.25) is 0 Å². The van der Waals surface area contributed by atoms with E-state index in [1.807, 2.05) is 12.1 Å². The molecule has 382 valence electrons. The molecular formula is C56H54Cl2N6O10. The molecular weight excluding hydrogens is 988 g/mol. The van der Waals surface area contributed by atoms with Crippen molar-refractivity contribution in [3.8, 4) is 46.3 Å². The number of aliphatic hydroxyl groups is 2. The third-order valence-electron chi connectivity index (χ3n) is 14.2. The van der Waals surface area contributed by atoms with Gasteiger partial charge in [0.1, 0.15) is 71.6 Å². The van der Waals surface area contributed by atoms with E-state index in [9.17, 15) is 40.5 Å². The summed E-state index contributed by atoms with van der Waals surface area (Å²) in [6, 6.07) is 26.7. The van der Waals surface area contributed by atoms with Crippen LogP contribution >= 0.6 is 23.2 Å². The molecule has 2 aliphatic carbocycles. The zero-order valence-corrected chi connectivity index (χ0v) is 42.7. The van der Waals surface area contributed by atoms with E-state index in [1.165, 1.54) is 36.0 Å². The highest BCUT2D eigenvalue weighted by Gasteiger charge is 2.39. The van der Waals surface area contributed by atoms with E-state index in [-0.39, 0.29) is 48.6 Å². The number of pyridine rings is 2. The van der Waals surface area contributed by atoms with Crippen LogP contribution in [-0.4, -0.2) is 90.5 Å². The number of aliphatic carboxylic acids is 2. The summed E-state index contributed by atoms with van der Waals surface area (Å²) in [5.74, 6) is -0.900. The van der Waals surface area contributed by atoms with Gasteiger partial charge in [0, 0.05) is 72.3 Å². The predicted molar refractivity (Wildman–Crippen MR) is 274 cm³/mol. The van der Waals surface area contributed by atoms with Crippen LogP contribution in [0.2, 0.25) is 10.0 Å². The van der Waals surface area contributed by atoms with Crippen molar-refractivity contribution >= 4 is 35.1 Å². The van der Waals surface area contributed by atoms with Gasteiger partial charge in [0.15, 0.2) is 0 Å². The molecule has 0 bridgehead atoms. The maximum Gasteiger partial charge on any atom is 0.326 e. The Kier molecular flexibility index (Phi) is 16.1. The molecule has 2 aliphatic rings. The summed E-state index contributed by atoms with van der Waals surface area (Å²) in [5, 5.41) is 59.6. The number of carbonyl (C=O) groups is 2. The lowest BCUT2D eigenvalue weighted by molar-refractivity contribution is -0.153. The number of carboxylic acid groups (broad SMARTS) is 2. The summed E-state index contributed by atoms with van der Waals surface area (Å²) in [5.41, 5.74) is 6.42. The Morgan fingerprint density at radius 1 is 0.649 bits per heavy atom. The minimum Gasteiger partial charge on any atom is -0.488 e. The molecule has 0 fully saturated rings. The molecule has 0 saturated carbocycles. The Morgan fingerprint density at radius 2 is 1.05 bits per heavy atom. The Bertz CT molecular complexity index is 2990. The van der Waals surface area contributed by atoms with Crippen molar-refractivity contribution in [3.05, 3.63) is 163 Å². The van der Waals surface area contributed by atoms with E-state index >= 15 is 0 Å². The van der Waals surface area contributed by atoms with Gasteiger partial charge in [-0.25, -0.2) is 0 Å². The maximum atomic E-state index is 12.2. The standard InChI is InChI=1S/C56H54Cl2N6O10/c1-55(31-65,53(67)68)63(3)27-37-17-45(57)51(19-49(37)71-29-35-15-33(21-59)23-61-25-35)73-47-13-11-41-39(7-5-9-43(41)47)40-8-6-10-44-42(40)12-14-48(44)74-52-20-50(72-30-36-16-34(22-60)24-62-26-36)38(18-46(52)58)28-64(4)56(2,32-66)54(69)70/h5-10,15-20,23-26,47-48,65-66H,11-14,27-32H2,1-4H3,(H,67,68)(H,69,70)/t47-,48-,55-,56?/m0/s1. The van der Waals surface area contributed by atoms with Crippen molar-refractivity contribution in [2.24, 2.45) is 0 Å². The molecule has 4 N–H and O–H groups in total. The molecule has 2 heterocycles. The summed E-state index contributed by atoms with van der Waals surface area (Å²) in [6.07, 6.45) is 8.14.